The van der Waals surface area contributed by atoms with E-state index in [2.05, 4.69) is 14.9 Å². The van der Waals surface area contributed by atoms with E-state index in [9.17, 15) is 0 Å². The molecule has 0 aliphatic carbocycles. The molecule has 2 atom stereocenters. The number of hydrogen-bond acceptors (Lipinski definition) is 7. The van der Waals surface area contributed by atoms with Gasteiger partial charge in [-0.05, 0) is 32.0 Å². The minimum atomic E-state index is 0.135. The zero-order valence-corrected chi connectivity index (χ0v) is 14.7. The van der Waals surface area contributed by atoms with Gasteiger partial charge < -0.3 is 20.1 Å². The molecule has 0 saturated carbocycles. The molecular weight excluding hydrogens is 318 g/mol. The van der Waals surface area contributed by atoms with Crippen molar-refractivity contribution in [2.75, 3.05) is 30.8 Å². The van der Waals surface area contributed by atoms with Crippen molar-refractivity contribution < 1.29 is 9.47 Å². The van der Waals surface area contributed by atoms with E-state index in [1.807, 2.05) is 19.9 Å². The summed E-state index contributed by atoms with van der Waals surface area (Å²) in [5.41, 5.74) is 7.91. The van der Waals surface area contributed by atoms with E-state index in [4.69, 9.17) is 20.6 Å². The number of benzene rings is 1. The number of ether oxygens (including phenoxy) is 2. The van der Waals surface area contributed by atoms with Crippen LogP contribution in [0.4, 0.5) is 11.5 Å². The van der Waals surface area contributed by atoms with Gasteiger partial charge in [-0.15, -0.1) is 0 Å². The number of nitrogens with one attached hydrogen (secondary N) is 1. The van der Waals surface area contributed by atoms with Crippen LogP contribution in [-0.4, -0.2) is 48.1 Å². The molecule has 0 radical (unpaired) electrons. The van der Waals surface area contributed by atoms with E-state index in [-0.39, 0.29) is 17.9 Å². The Balaban J connectivity index is 1.90. The van der Waals surface area contributed by atoms with Crippen LogP contribution in [0.3, 0.4) is 0 Å². The second kappa shape index (κ2) is 7.06. The maximum Gasteiger partial charge on any atom is 0.132 e. The Morgan fingerprint density at radius 2 is 1.96 bits per heavy atom. The van der Waals surface area contributed by atoms with Crippen molar-refractivity contribution in [1.29, 1.82) is 5.41 Å². The van der Waals surface area contributed by atoms with E-state index in [1.54, 1.807) is 25.3 Å². The molecule has 1 aromatic carbocycles. The van der Waals surface area contributed by atoms with Crippen LogP contribution < -0.4 is 15.4 Å². The first-order chi connectivity index (χ1) is 12.0. The second-order valence-electron chi connectivity index (χ2n) is 6.25. The Morgan fingerprint density at radius 1 is 1.24 bits per heavy atom. The topological polar surface area (TPSA) is 97.4 Å². The Bertz CT molecular complexity index is 770. The first-order valence-electron chi connectivity index (χ1n) is 8.23. The van der Waals surface area contributed by atoms with Gasteiger partial charge in [0.1, 0.15) is 17.9 Å². The molecule has 3 rings (SSSR count). The van der Waals surface area contributed by atoms with Crippen LogP contribution in [0.5, 0.6) is 5.75 Å². The number of rotatable bonds is 4. The highest BCUT2D eigenvalue weighted by Gasteiger charge is 2.24. The van der Waals surface area contributed by atoms with Crippen molar-refractivity contribution in [3.63, 3.8) is 0 Å². The standard InChI is InChI=1S/C18H23N5O2/c1-11-8-23(9-12(2)25-11)17-7-16(21-10-22-17)18(20)14-6-13(24-3)4-5-15(14)19/h4-7,10-12,20H,8-9,19H2,1-3H3. The van der Waals surface area contributed by atoms with E-state index >= 15 is 0 Å². The van der Waals surface area contributed by atoms with Crippen molar-refractivity contribution >= 4 is 17.2 Å². The molecule has 2 aromatic rings. The number of morpholine rings is 1. The molecule has 7 heteroatoms. The van der Waals surface area contributed by atoms with Gasteiger partial charge in [-0.3, -0.25) is 5.41 Å². The van der Waals surface area contributed by atoms with Crippen LogP contribution in [0.15, 0.2) is 30.6 Å². The Kier molecular flexibility index (Phi) is 4.85. The Morgan fingerprint density at radius 3 is 2.64 bits per heavy atom. The van der Waals surface area contributed by atoms with Gasteiger partial charge in [-0.2, -0.15) is 0 Å². The number of methoxy groups -OCH3 is 1. The molecule has 25 heavy (non-hydrogen) atoms. The van der Waals surface area contributed by atoms with Gasteiger partial charge in [0.25, 0.3) is 0 Å². The van der Waals surface area contributed by atoms with Crippen molar-refractivity contribution in [1.82, 2.24) is 9.97 Å². The minimum absolute atomic E-state index is 0.135. The van der Waals surface area contributed by atoms with Gasteiger partial charge >= 0.3 is 0 Å². The molecule has 2 heterocycles. The maximum atomic E-state index is 8.50. The lowest BCUT2D eigenvalue weighted by Crippen LogP contribution is -2.45. The number of nitrogens with two attached hydrogens (primary N) is 1. The molecule has 1 saturated heterocycles. The third-order valence-electron chi connectivity index (χ3n) is 4.18. The molecule has 1 aromatic heterocycles. The first-order valence-corrected chi connectivity index (χ1v) is 8.23. The highest BCUT2D eigenvalue weighted by Crippen LogP contribution is 2.24. The van der Waals surface area contributed by atoms with Gasteiger partial charge in [0, 0.05) is 30.4 Å². The van der Waals surface area contributed by atoms with E-state index in [1.165, 1.54) is 6.33 Å². The fourth-order valence-corrected chi connectivity index (χ4v) is 3.04. The number of nitrogen functional groups attached to an aromatic ring is 1. The van der Waals surface area contributed by atoms with Crippen LogP contribution in [0, 0.1) is 5.41 Å². The van der Waals surface area contributed by atoms with Crippen LogP contribution in [0.25, 0.3) is 0 Å². The summed E-state index contributed by atoms with van der Waals surface area (Å²) in [5, 5.41) is 8.50. The fraction of sp³-hybridized carbons (Fsp3) is 0.389. The number of hydrogen-bond donors (Lipinski definition) is 2. The lowest BCUT2D eigenvalue weighted by atomic mass is 10.0. The smallest absolute Gasteiger partial charge is 0.132 e. The quantitative estimate of drug-likeness (QED) is 0.653. The summed E-state index contributed by atoms with van der Waals surface area (Å²) in [6.07, 6.45) is 1.76. The summed E-state index contributed by atoms with van der Waals surface area (Å²) in [6.45, 7) is 5.61. The molecule has 0 bridgehead atoms. The molecule has 1 aliphatic heterocycles. The summed E-state index contributed by atoms with van der Waals surface area (Å²) >= 11 is 0. The molecule has 0 spiro atoms. The van der Waals surface area contributed by atoms with Crippen molar-refractivity contribution in [3.05, 3.63) is 41.9 Å². The summed E-state index contributed by atoms with van der Waals surface area (Å²) in [6, 6.07) is 7.08. The van der Waals surface area contributed by atoms with Gasteiger partial charge in [0.15, 0.2) is 0 Å². The Labute approximate surface area is 147 Å². The third-order valence-corrected chi connectivity index (χ3v) is 4.18. The number of nitrogens with zero attached hydrogens (tertiary/aromatic N) is 3. The van der Waals surface area contributed by atoms with Gasteiger partial charge in [0.05, 0.1) is 30.7 Å². The second-order valence-corrected chi connectivity index (χ2v) is 6.25. The summed E-state index contributed by atoms with van der Waals surface area (Å²) in [5.74, 6) is 1.44. The lowest BCUT2D eigenvalue weighted by molar-refractivity contribution is -0.00546. The van der Waals surface area contributed by atoms with Crippen molar-refractivity contribution in [2.24, 2.45) is 0 Å². The van der Waals surface area contributed by atoms with E-state index in [0.717, 1.165) is 18.9 Å². The normalized spacial score (nSPS) is 20.4. The van der Waals surface area contributed by atoms with Crippen LogP contribution >= 0.6 is 0 Å². The largest absolute Gasteiger partial charge is 0.497 e. The molecule has 1 aliphatic rings. The molecule has 1 fully saturated rings. The highest BCUT2D eigenvalue weighted by molar-refractivity contribution is 6.13. The van der Waals surface area contributed by atoms with Gasteiger partial charge in [0.2, 0.25) is 0 Å². The first kappa shape index (κ1) is 17.2. The minimum Gasteiger partial charge on any atom is -0.497 e. The molecule has 2 unspecified atom stereocenters. The van der Waals surface area contributed by atoms with E-state index in [0.29, 0.717) is 22.7 Å². The average molecular weight is 341 g/mol. The fourth-order valence-electron chi connectivity index (χ4n) is 3.04. The van der Waals surface area contributed by atoms with Gasteiger partial charge in [-0.1, -0.05) is 0 Å². The SMILES string of the molecule is COc1ccc(N)c(C(=N)c2cc(N3CC(C)OC(C)C3)ncn2)c1. The molecule has 3 N–H and O–H groups in total. The van der Waals surface area contributed by atoms with Gasteiger partial charge in [-0.25, -0.2) is 9.97 Å². The summed E-state index contributed by atoms with van der Waals surface area (Å²) < 4.78 is 11.0. The van der Waals surface area contributed by atoms with Crippen LogP contribution in [0.1, 0.15) is 25.1 Å². The van der Waals surface area contributed by atoms with Crippen LogP contribution in [0.2, 0.25) is 0 Å². The zero-order chi connectivity index (χ0) is 18.0. The molecule has 7 nitrogen and oxygen atoms in total. The third kappa shape index (κ3) is 3.71. The highest BCUT2D eigenvalue weighted by atomic mass is 16.5. The number of aromatic nitrogens is 2. The molecule has 132 valence electrons. The van der Waals surface area contributed by atoms with Crippen LogP contribution in [-0.2, 0) is 4.74 Å². The monoisotopic (exact) mass is 341 g/mol. The Hall–Kier alpha value is -2.67. The lowest BCUT2D eigenvalue weighted by Gasteiger charge is -2.36. The number of anilines is 2. The predicted molar refractivity (Wildman–Crippen MR) is 97.6 cm³/mol. The van der Waals surface area contributed by atoms with Crippen molar-refractivity contribution in [3.8, 4) is 5.75 Å². The summed E-state index contributed by atoms with van der Waals surface area (Å²) in [4.78, 5) is 10.8. The molecular formula is C18H23N5O2. The maximum absolute atomic E-state index is 8.50. The summed E-state index contributed by atoms with van der Waals surface area (Å²) in [7, 11) is 1.59. The average Bonchev–Trinajstić information content (AvgIpc) is 2.61. The van der Waals surface area contributed by atoms with E-state index < -0.39 is 0 Å². The van der Waals surface area contributed by atoms with Crippen molar-refractivity contribution in [2.45, 2.75) is 26.1 Å². The predicted octanol–water partition coefficient (Wildman–Crippen LogP) is 2.10. The molecule has 0 amide bonds. The zero-order valence-electron chi connectivity index (χ0n) is 14.7.